The van der Waals surface area contributed by atoms with Gasteiger partial charge in [0, 0.05) is 13.1 Å². The van der Waals surface area contributed by atoms with Gasteiger partial charge in [-0.15, -0.1) is 0 Å². The maximum atomic E-state index is 12.6. The van der Waals surface area contributed by atoms with E-state index in [1.54, 1.807) is 19.1 Å². The smallest absolute Gasteiger partial charge is 0.243 e. The molecule has 1 fully saturated rings. The summed E-state index contributed by atoms with van der Waals surface area (Å²) in [5.74, 6) is 0.102. The number of amides is 1. The van der Waals surface area contributed by atoms with Crippen LogP contribution in [0, 0.1) is 0 Å². The highest BCUT2D eigenvalue weighted by Crippen LogP contribution is 2.22. The van der Waals surface area contributed by atoms with Gasteiger partial charge in [0.15, 0.2) is 0 Å². The highest BCUT2D eigenvalue weighted by atomic mass is 32.2. The highest BCUT2D eigenvalue weighted by molar-refractivity contribution is 7.89. The minimum atomic E-state index is -3.61. The Morgan fingerprint density at radius 3 is 2.40 bits per heavy atom. The molecule has 2 rings (SSSR count). The molecular weight excluding hydrogens is 276 g/mol. The average Bonchev–Trinajstić information content (AvgIpc) is 2.41. The van der Waals surface area contributed by atoms with Crippen molar-refractivity contribution in [3.05, 3.63) is 29.8 Å². The van der Waals surface area contributed by atoms with Gasteiger partial charge in [0.1, 0.15) is 6.04 Å². The van der Waals surface area contributed by atoms with Crippen molar-refractivity contribution < 1.29 is 13.2 Å². The molecular formula is C14H20N2O3S. The van der Waals surface area contributed by atoms with Crippen LogP contribution in [0.5, 0.6) is 0 Å². The first kappa shape index (κ1) is 15.0. The maximum absolute atomic E-state index is 12.6. The number of hydrogen-bond acceptors (Lipinski definition) is 3. The van der Waals surface area contributed by atoms with Crippen LogP contribution in [0.2, 0.25) is 0 Å². The Morgan fingerprint density at radius 2 is 1.85 bits per heavy atom. The largest absolute Gasteiger partial charge is 0.353 e. The summed E-state index contributed by atoms with van der Waals surface area (Å²) in [6.07, 6.45) is 0. The number of nitrogens with one attached hydrogen (secondary N) is 1. The Hall–Kier alpha value is -1.40. The molecule has 1 N–H and O–H groups in total. The van der Waals surface area contributed by atoms with Crippen LogP contribution in [0.4, 0.5) is 0 Å². The van der Waals surface area contributed by atoms with Crippen molar-refractivity contribution in [1.82, 2.24) is 9.62 Å². The van der Waals surface area contributed by atoms with Gasteiger partial charge in [-0.25, -0.2) is 8.42 Å². The van der Waals surface area contributed by atoms with Crippen molar-refractivity contribution in [3.63, 3.8) is 0 Å². The summed E-state index contributed by atoms with van der Waals surface area (Å²) >= 11 is 0. The monoisotopic (exact) mass is 296 g/mol. The van der Waals surface area contributed by atoms with Crippen LogP contribution >= 0.6 is 0 Å². The number of nitrogens with zero attached hydrogens (tertiary/aromatic N) is 1. The van der Waals surface area contributed by atoms with E-state index in [4.69, 9.17) is 0 Å². The van der Waals surface area contributed by atoms with Gasteiger partial charge in [-0.2, -0.15) is 4.31 Å². The Kier molecular flexibility index (Phi) is 4.15. The first-order valence-corrected chi connectivity index (χ1v) is 8.17. The van der Waals surface area contributed by atoms with Crippen LogP contribution in [0.3, 0.4) is 0 Å². The molecule has 110 valence electrons. The Balaban J connectivity index is 2.32. The predicted octanol–water partition coefficient (Wildman–Crippen LogP) is 1.32. The molecule has 1 heterocycles. The van der Waals surface area contributed by atoms with Gasteiger partial charge in [-0.3, -0.25) is 4.79 Å². The molecule has 6 heteroatoms. The summed E-state index contributed by atoms with van der Waals surface area (Å²) in [6, 6.07) is 6.21. The number of hydrogen-bond donors (Lipinski definition) is 1. The first-order chi connectivity index (χ1) is 9.34. The third-order valence-electron chi connectivity index (χ3n) is 3.60. The molecule has 5 nitrogen and oxygen atoms in total. The van der Waals surface area contributed by atoms with Crippen LogP contribution in [0.15, 0.2) is 29.2 Å². The third-order valence-corrected chi connectivity index (χ3v) is 5.58. The molecule has 1 amide bonds. The van der Waals surface area contributed by atoms with Crippen molar-refractivity contribution >= 4 is 15.9 Å². The van der Waals surface area contributed by atoms with Gasteiger partial charge in [0.05, 0.1) is 4.90 Å². The van der Waals surface area contributed by atoms with Gasteiger partial charge in [-0.05, 0) is 30.5 Å². The zero-order valence-corrected chi connectivity index (χ0v) is 12.8. The van der Waals surface area contributed by atoms with E-state index in [2.05, 4.69) is 19.2 Å². The lowest BCUT2D eigenvalue weighted by Crippen LogP contribution is -2.55. The van der Waals surface area contributed by atoms with Gasteiger partial charge >= 0.3 is 0 Å². The summed E-state index contributed by atoms with van der Waals surface area (Å²) in [4.78, 5) is 11.8. The first-order valence-electron chi connectivity index (χ1n) is 6.73. The molecule has 1 atom stereocenters. The second-order valence-corrected chi connectivity index (χ2v) is 7.20. The molecule has 0 spiro atoms. The number of carbonyl (C=O) groups excluding carboxylic acids is 1. The van der Waals surface area contributed by atoms with Gasteiger partial charge < -0.3 is 5.32 Å². The standard InChI is InChI=1S/C14H20N2O3S/c1-10(2)12-4-6-13(7-5-12)20(18,19)16-9-8-15-14(17)11(16)3/h4-7,10-11H,8-9H2,1-3H3,(H,15,17). The normalized spacial score (nSPS) is 21.0. The number of sulfonamides is 1. The fourth-order valence-corrected chi connectivity index (χ4v) is 3.84. The van der Waals surface area contributed by atoms with E-state index in [-0.39, 0.29) is 10.8 Å². The number of carbonyl (C=O) groups is 1. The lowest BCUT2D eigenvalue weighted by atomic mass is 10.0. The zero-order chi connectivity index (χ0) is 14.9. The van der Waals surface area contributed by atoms with E-state index in [0.717, 1.165) is 5.56 Å². The van der Waals surface area contributed by atoms with Crippen LogP contribution in [-0.4, -0.2) is 37.8 Å². The van der Waals surface area contributed by atoms with Crippen molar-refractivity contribution in [1.29, 1.82) is 0 Å². The zero-order valence-electron chi connectivity index (χ0n) is 12.0. The number of rotatable bonds is 3. The highest BCUT2D eigenvalue weighted by Gasteiger charge is 2.35. The molecule has 1 aliphatic rings. The quantitative estimate of drug-likeness (QED) is 0.915. The van der Waals surface area contributed by atoms with Gasteiger partial charge in [-0.1, -0.05) is 26.0 Å². The van der Waals surface area contributed by atoms with Crippen molar-refractivity contribution in [2.45, 2.75) is 37.6 Å². The molecule has 0 saturated carbocycles. The Morgan fingerprint density at radius 1 is 1.25 bits per heavy atom. The predicted molar refractivity (Wildman–Crippen MR) is 76.9 cm³/mol. The fourth-order valence-electron chi connectivity index (χ4n) is 2.25. The summed E-state index contributed by atoms with van der Waals surface area (Å²) in [5.41, 5.74) is 1.09. The summed E-state index contributed by atoms with van der Waals surface area (Å²) in [7, 11) is -3.61. The second kappa shape index (κ2) is 5.54. The Labute approximate surface area is 120 Å². The van der Waals surface area contributed by atoms with Crippen molar-refractivity contribution in [2.75, 3.05) is 13.1 Å². The van der Waals surface area contributed by atoms with E-state index in [1.807, 2.05) is 12.1 Å². The molecule has 0 aliphatic carbocycles. The van der Waals surface area contributed by atoms with Gasteiger partial charge in [0.25, 0.3) is 0 Å². The van der Waals surface area contributed by atoms with E-state index >= 15 is 0 Å². The fraction of sp³-hybridized carbons (Fsp3) is 0.500. The molecule has 1 aromatic rings. The average molecular weight is 296 g/mol. The molecule has 0 radical (unpaired) electrons. The van der Waals surface area contributed by atoms with E-state index in [1.165, 1.54) is 4.31 Å². The van der Waals surface area contributed by atoms with Gasteiger partial charge in [0.2, 0.25) is 15.9 Å². The van der Waals surface area contributed by atoms with Crippen molar-refractivity contribution in [2.24, 2.45) is 0 Å². The van der Waals surface area contributed by atoms with E-state index in [0.29, 0.717) is 19.0 Å². The topological polar surface area (TPSA) is 66.5 Å². The van der Waals surface area contributed by atoms with E-state index < -0.39 is 16.1 Å². The second-order valence-electron chi connectivity index (χ2n) is 5.31. The van der Waals surface area contributed by atoms with Crippen LogP contribution < -0.4 is 5.32 Å². The lowest BCUT2D eigenvalue weighted by Gasteiger charge is -2.31. The summed E-state index contributed by atoms with van der Waals surface area (Å²) in [6.45, 7) is 6.38. The molecule has 1 aliphatic heterocycles. The Bertz CT molecular complexity index is 593. The number of benzene rings is 1. The van der Waals surface area contributed by atoms with E-state index in [9.17, 15) is 13.2 Å². The number of piperazine rings is 1. The molecule has 1 unspecified atom stereocenters. The SMILES string of the molecule is CC(C)c1ccc(S(=O)(=O)N2CCNC(=O)C2C)cc1. The lowest BCUT2D eigenvalue weighted by molar-refractivity contribution is -0.126. The van der Waals surface area contributed by atoms with Crippen LogP contribution in [0.25, 0.3) is 0 Å². The van der Waals surface area contributed by atoms with Crippen molar-refractivity contribution in [3.8, 4) is 0 Å². The summed E-state index contributed by atoms with van der Waals surface area (Å²) < 4.78 is 26.4. The molecule has 1 saturated heterocycles. The minimum absolute atomic E-state index is 0.239. The van der Waals surface area contributed by atoms with Crippen LogP contribution in [-0.2, 0) is 14.8 Å². The minimum Gasteiger partial charge on any atom is -0.353 e. The van der Waals surface area contributed by atoms with Crippen LogP contribution in [0.1, 0.15) is 32.3 Å². The molecule has 0 bridgehead atoms. The maximum Gasteiger partial charge on any atom is 0.243 e. The third kappa shape index (κ3) is 2.71. The molecule has 20 heavy (non-hydrogen) atoms. The molecule has 1 aromatic carbocycles. The summed E-state index contributed by atoms with van der Waals surface area (Å²) in [5, 5.41) is 2.66. The molecule has 0 aromatic heterocycles.